The summed E-state index contributed by atoms with van der Waals surface area (Å²) >= 11 is 1.02. The largest absolute Gasteiger partial charge is 0.465 e. The number of hydrogen-bond acceptors (Lipinski definition) is 7. The molecule has 1 saturated carbocycles. The second-order valence-electron chi connectivity index (χ2n) is 6.71. The molecule has 0 aliphatic heterocycles. The van der Waals surface area contributed by atoms with Crippen LogP contribution in [0.1, 0.15) is 70.5 Å². The van der Waals surface area contributed by atoms with Crippen molar-refractivity contribution in [1.82, 2.24) is 5.32 Å². The van der Waals surface area contributed by atoms with Crippen LogP contribution in [0.2, 0.25) is 0 Å². The predicted octanol–water partition coefficient (Wildman–Crippen LogP) is 3.27. The van der Waals surface area contributed by atoms with Crippen molar-refractivity contribution in [3.63, 3.8) is 0 Å². The lowest BCUT2D eigenvalue weighted by molar-refractivity contribution is -0.115. The zero-order valence-corrected chi connectivity index (χ0v) is 17.0. The lowest BCUT2D eigenvalue weighted by atomic mass is 9.97. The number of nitrogens with one attached hydrogen (secondary N) is 2. The SMILES string of the molecule is COC(=O)c1sc(NC(=O)CNC2CCCCCCC2)c(C(=O)OC)c1C. The fourth-order valence-electron chi connectivity index (χ4n) is 3.30. The summed E-state index contributed by atoms with van der Waals surface area (Å²) in [5, 5.41) is 6.36. The fraction of sp³-hybridized carbons (Fsp3) is 0.632. The van der Waals surface area contributed by atoms with E-state index in [1.165, 1.54) is 46.3 Å². The smallest absolute Gasteiger partial charge is 0.348 e. The zero-order chi connectivity index (χ0) is 19.8. The third-order valence-electron chi connectivity index (χ3n) is 4.82. The van der Waals surface area contributed by atoms with Crippen molar-refractivity contribution in [3.05, 3.63) is 16.0 Å². The number of rotatable bonds is 6. The maximum absolute atomic E-state index is 12.4. The number of carbonyl (C=O) groups is 3. The van der Waals surface area contributed by atoms with Crippen molar-refractivity contribution < 1.29 is 23.9 Å². The van der Waals surface area contributed by atoms with Gasteiger partial charge in [0.25, 0.3) is 0 Å². The van der Waals surface area contributed by atoms with Crippen LogP contribution in [0.15, 0.2) is 0 Å². The molecular formula is C19H28N2O5S. The first-order valence-electron chi connectivity index (χ1n) is 9.31. The van der Waals surface area contributed by atoms with Crippen LogP contribution in [0.25, 0.3) is 0 Å². The highest BCUT2D eigenvalue weighted by molar-refractivity contribution is 7.18. The third-order valence-corrected chi connectivity index (χ3v) is 6.00. The minimum Gasteiger partial charge on any atom is -0.465 e. The molecule has 0 spiro atoms. The van der Waals surface area contributed by atoms with Crippen molar-refractivity contribution in [2.24, 2.45) is 0 Å². The van der Waals surface area contributed by atoms with Gasteiger partial charge in [-0.25, -0.2) is 9.59 Å². The Hall–Kier alpha value is -1.93. The highest BCUT2D eigenvalue weighted by Crippen LogP contribution is 2.34. The molecular weight excluding hydrogens is 368 g/mol. The second-order valence-corrected chi connectivity index (χ2v) is 7.74. The van der Waals surface area contributed by atoms with Crippen LogP contribution in [0, 0.1) is 6.92 Å². The van der Waals surface area contributed by atoms with E-state index in [4.69, 9.17) is 9.47 Å². The highest BCUT2D eigenvalue weighted by atomic mass is 32.1. The summed E-state index contributed by atoms with van der Waals surface area (Å²) in [7, 11) is 2.54. The summed E-state index contributed by atoms with van der Waals surface area (Å²) < 4.78 is 9.54. The molecule has 0 aromatic carbocycles. The standard InChI is InChI=1S/C19H28N2O5S/c1-12-15(18(23)25-2)17(27-16(12)19(24)26-3)21-14(22)11-20-13-9-7-5-4-6-8-10-13/h13,20H,4-11H2,1-3H3,(H,21,22). The van der Waals surface area contributed by atoms with Crippen LogP contribution < -0.4 is 10.6 Å². The Kier molecular flexibility index (Phi) is 8.24. The summed E-state index contributed by atoms with van der Waals surface area (Å²) in [6.45, 7) is 1.80. The van der Waals surface area contributed by atoms with Crippen LogP contribution in [0.3, 0.4) is 0 Å². The monoisotopic (exact) mass is 396 g/mol. The molecule has 1 aromatic heterocycles. The molecule has 7 nitrogen and oxygen atoms in total. The normalized spacial score (nSPS) is 15.5. The molecule has 0 radical (unpaired) electrons. The maximum Gasteiger partial charge on any atom is 0.348 e. The number of thiophene rings is 1. The first kappa shape index (κ1) is 21.4. The van der Waals surface area contributed by atoms with Gasteiger partial charge in [-0.05, 0) is 25.3 Å². The maximum atomic E-state index is 12.4. The fourth-order valence-corrected chi connectivity index (χ4v) is 4.43. The number of esters is 2. The average molecular weight is 397 g/mol. The highest BCUT2D eigenvalue weighted by Gasteiger charge is 2.26. The van der Waals surface area contributed by atoms with Crippen molar-refractivity contribution in [1.29, 1.82) is 0 Å². The Labute approximate surface area is 163 Å². The second kappa shape index (κ2) is 10.4. The molecule has 2 N–H and O–H groups in total. The number of anilines is 1. The summed E-state index contributed by atoms with van der Waals surface area (Å²) in [6, 6.07) is 0.340. The molecule has 27 heavy (non-hydrogen) atoms. The number of ether oxygens (including phenoxy) is 2. The molecule has 0 unspecified atom stereocenters. The van der Waals surface area contributed by atoms with Crippen molar-refractivity contribution in [2.45, 2.75) is 57.9 Å². The molecule has 1 heterocycles. The Morgan fingerprint density at radius 2 is 1.59 bits per heavy atom. The van der Waals surface area contributed by atoms with Crippen molar-refractivity contribution in [3.8, 4) is 0 Å². The Morgan fingerprint density at radius 3 is 2.19 bits per heavy atom. The lowest BCUT2D eigenvalue weighted by Crippen LogP contribution is -2.36. The van der Waals surface area contributed by atoms with Gasteiger partial charge in [-0.1, -0.05) is 32.1 Å². The van der Waals surface area contributed by atoms with Gasteiger partial charge in [-0.2, -0.15) is 0 Å². The predicted molar refractivity (Wildman–Crippen MR) is 104 cm³/mol. The lowest BCUT2D eigenvalue weighted by Gasteiger charge is -2.20. The van der Waals surface area contributed by atoms with Crippen LogP contribution in [-0.2, 0) is 14.3 Å². The van der Waals surface area contributed by atoms with Crippen LogP contribution in [0.5, 0.6) is 0 Å². The molecule has 8 heteroatoms. The minimum absolute atomic E-state index is 0.162. The molecule has 1 amide bonds. The van der Waals surface area contributed by atoms with Gasteiger partial charge >= 0.3 is 11.9 Å². The summed E-state index contributed by atoms with van der Waals surface area (Å²) in [5.74, 6) is -1.39. The van der Waals surface area contributed by atoms with E-state index in [0.717, 1.165) is 24.2 Å². The van der Waals surface area contributed by atoms with Gasteiger partial charge in [-0.15, -0.1) is 11.3 Å². The van der Waals surface area contributed by atoms with E-state index < -0.39 is 11.9 Å². The summed E-state index contributed by atoms with van der Waals surface area (Å²) in [5.41, 5.74) is 0.643. The molecule has 2 rings (SSSR count). The Morgan fingerprint density at radius 1 is 1.00 bits per heavy atom. The van der Waals surface area contributed by atoms with E-state index in [-0.39, 0.29) is 22.9 Å². The van der Waals surface area contributed by atoms with Crippen molar-refractivity contribution in [2.75, 3.05) is 26.1 Å². The molecule has 1 aromatic rings. The van der Waals surface area contributed by atoms with Gasteiger partial charge in [0, 0.05) is 6.04 Å². The van der Waals surface area contributed by atoms with E-state index >= 15 is 0 Å². The summed E-state index contributed by atoms with van der Waals surface area (Å²) in [4.78, 5) is 36.7. The third kappa shape index (κ3) is 5.77. The molecule has 0 saturated heterocycles. The van der Waals surface area contributed by atoms with Crippen LogP contribution in [-0.4, -0.2) is 44.7 Å². The Bertz CT molecular complexity index is 678. The molecule has 1 aliphatic rings. The van der Waals surface area contributed by atoms with E-state index in [1.54, 1.807) is 6.92 Å². The number of carbonyl (C=O) groups excluding carboxylic acids is 3. The first-order chi connectivity index (χ1) is 13.0. The number of hydrogen-bond donors (Lipinski definition) is 2. The van der Waals surface area contributed by atoms with Gasteiger partial charge < -0.3 is 20.1 Å². The van der Waals surface area contributed by atoms with E-state index in [0.29, 0.717) is 16.6 Å². The van der Waals surface area contributed by atoms with Gasteiger partial charge in [0.2, 0.25) is 5.91 Å². The molecule has 1 fully saturated rings. The van der Waals surface area contributed by atoms with E-state index in [2.05, 4.69) is 10.6 Å². The van der Waals surface area contributed by atoms with Gasteiger partial charge in [0.1, 0.15) is 9.88 Å². The van der Waals surface area contributed by atoms with Crippen molar-refractivity contribution >= 4 is 34.2 Å². The van der Waals surface area contributed by atoms with Gasteiger partial charge in [0.05, 0.1) is 26.3 Å². The molecule has 1 aliphatic carbocycles. The molecule has 0 bridgehead atoms. The topological polar surface area (TPSA) is 93.7 Å². The summed E-state index contributed by atoms with van der Waals surface area (Å²) in [6.07, 6.45) is 8.30. The zero-order valence-electron chi connectivity index (χ0n) is 16.2. The molecule has 0 atom stereocenters. The molecule has 150 valence electrons. The first-order valence-corrected chi connectivity index (χ1v) is 10.1. The van der Waals surface area contributed by atoms with E-state index in [1.807, 2.05) is 0 Å². The number of amides is 1. The van der Waals surface area contributed by atoms with Gasteiger partial charge in [0.15, 0.2) is 0 Å². The van der Waals surface area contributed by atoms with E-state index in [9.17, 15) is 14.4 Å². The minimum atomic E-state index is -0.595. The Balaban J connectivity index is 2.05. The average Bonchev–Trinajstić information content (AvgIpc) is 2.95. The van der Waals surface area contributed by atoms with Gasteiger partial charge in [-0.3, -0.25) is 4.79 Å². The number of methoxy groups -OCH3 is 2. The quantitative estimate of drug-likeness (QED) is 0.717. The van der Waals surface area contributed by atoms with Crippen LogP contribution in [0.4, 0.5) is 5.00 Å². The van der Waals surface area contributed by atoms with Crippen LogP contribution >= 0.6 is 11.3 Å².